The number of nitrogens with zero attached hydrogens (tertiary/aromatic N) is 3. The van der Waals surface area contributed by atoms with Gasteiger partial charge in [0.25, 0.3) is 5.91 Å². The predicted molar refractivity (Wildman–Crippen MR) is 170 cm³/mol. The van der Waals surface area contributed by atoms with E-state index in [0.29, 0.717) is 35.5 Å². The fourth-order valence-electron chi connectivity index (χ4n) is 7.12. The van der Waals surface area contributed by atoms with Crippen LogP contribution in [0.25, 0.3) is 0 Å². The number of rotatable bonds is 7. The van der Waals surface area contributed by atoms with E-state index in [2.05, 4.69) is 5.10 Å². The number of aliphatic hydroxyl groups is 1. The van der Waals surface area contributed by atoms with Gasteiger partial charge >= 0.3 is 0 Å². The van der Waals surface area contributed by atoms with Crippen LogP contribution in [-0.4, -0.2) is 48.5 Å². The van der Waals surface area contributed by atoms with Crippen LogP contribution in [0.1, 0.15) is 42.9 Å². The van der Waals surface area contributed by atoms with Crippen LogP contribution in [0.5, 0.6) is 0 Å². The molecule has 0 bridgehead atoms. The summed E-state index contributed by atoms with van der Waals surface area (Å²) in [7, 11) is -2.78. The molecular formula is C33H36ClN3O5Si. The highest BCUT2D eigenvalue weighted by Crippen LogP contribution is 2.60. The maximum absolute atomic E-state index is 14.4. The quantitative estimate of drug-likeness (QED) is 0.336. The number of halogens is 1. The first-order chi connectivity index (χ1) is 20.5. The number of carbonyl (C=O) groups is 2. The van der Waals surface area contributed by atoms with Crippen LogP contribution in [0, 0.1) is 5.92 Å². The Labute approximate surface area is 257 Å². The Bertz CT molecular complexity index is 1580. The Morgan fingerprint density at radius 2 is 1.77 bits per heavy atom. The maximum atomic E-state index is 14.4. The van der Waals surface area contributed by atoms with Crippen molar-refractivity contribution in [3.63, 3.8) is 0 Å². The number of fused-ring (bicyclic) bond motifs is 2. The highest BCUT2D eigenvalue weighted by Gasteiger charge is 2.66. The van der Waals surface area contributed by atoms with Crippen molar-refractivity contribution in [2.45, 2.75) is 63.1 Å². The van der Waals surface area contributed by atoms with E-state index < -0.39 is 20.0 Å². The molecule has 6 rings (SSSR count). The summed E-state index contributed by atoms with van der Waals surface area (Å²) in [6, 6.07) is 22.8. The second-order valence-corrected chi connectivity index (χ2v) is 16.6. The van der Waals surface area contributed by atoms with Gasteiger partial charge in [-0.15, -0.1) is 0 Å². The van der Waals surface area contributed by atoms with Gasteiger partial charge < -0.3 is 19.5 Å². The van der Waals surface area contributed by atoms with Crippen molar-refractivity contribution in [2.24, 2.45) is 11.0 Å². The molecule has 4 atom stereocenters. The van der Waals surface area contributed by atoms with E-state index in [1.54, 1.807) is 17.0 Å². The molecule has 3 aromatic carbocycles. The highest BCUT2D eigenvalue weighted by atomic mass is 35.5. The first-order valence-electron chi connectivity index (χ1n) is 14.7. The van der Waals surface area contributed by atoms with Gasteiger partial charge in [-0.2, -0.15) is 5.10 Å². The Kier molecular flexibility index (Phi) is 7.81. The number of hydrogen-bond acceptors (Lipinski definition) is 6. The van der Waals surface area contributed by atoms with E-state index in [-0.39, 0.29) is 36.4 Å². The lowest BCUT2D eigenvalue weighted by Crippen LogP contribution is -2.46. The van der Waals surface area contributed by atoms with Gasteiger partial charge in [0.1, 0.15) is 0 Å². The van der Waals surface area contributed by atoms with Crippen LogP contribution in [0.4, 0.5) is 11.4 Å². The van der Waals surface area contributed by atoms with Gasteiger partial charge in [0.05, 0.1) is 29.7 Å². The molecule has 3 aromatic rings. The second kappa shape index (κ2) is 11.3. The van der Waals surface area contributed by atoms with E-state index in [1.165, 1.54) is 5.01 Å². The van der Waals surface area contributed by atoms with Crippen molar-refractivity contribution in [1.82, 2.24) is 0 Å². The van der Waals surface area contributed by atoms with Gasteiger partial charge in [-0.3, -0.25) is 9.59 Å². The number of ether oxygens (including phenoxy) is 1. The zero-order valence-corrected chi connectivity index (χ0v) is 26.3. The Morgan fingerprint density at radius 1 is 1.05 bits per heavy atom. The molecule has 10 heteroatoms. The van der Waals surface area contributed by atoms with Gasteiger partial charge in [0.15, 0.2) is 13.9 Å². The number of anilines is 2. The summed E-state index contributed by atoms with van der Waals surface area (Å²) in [5, 5.41) is 16.4. The SMILES string of the molecule is C[C@@H]1[C@@H]([Si](C)(C)O)[C@H](CCO)O[C@@]12C(=O)N(Cc1ccc(N3N=C(c4ccccc4)CCC3=O)cc1)c1ccc(Cl)cc12. The van der Waals surface area contributed by atoms with Crippen molar-refractivity contribution in [2.75, 3.05) is 16.5 Å². The largest absolute Gasteiger partial charge is 0.432 e. The average molecular weight is 618 g/mol. The Hall–Kier alpha value is -3.34. The van der Waals surface area contributed by atoms with Gasteiger partial charge in [0.2, 0.25) is 5.91 Å². The third-order valence-electron chi connectivity index (χ3n) is 9.02. The summed E-state index contributed by atoms with van der Waals surface area (Å²) in [4.78, 5) is 40.2. The predicted octanol–water partition coefficient (Wildman–Crippen LogP) is 5.60. The van der Waals surface area contributed by atoms with Crippen LogP contribution >= 0.6 is 11.6 Å². The highest BCUT2D eigenvalue weighted by molar-refractivity contribution is 6.71. The minimum absolute atomic E-state index is 0.0652. The molecule has 0 radical (unpaired) electrons. The maximum Gasteiger partial charge on any atom is 0.264 e. The lowest BCUT2D eigenvalue weighted by molar-refractivity contribution is -0.146. The van der Waals surface area contributed by atoms with E-state index in [4.69, 9.17) is 16.3 Å². The second-order valence-electron chi connectivity index (χ2n) is 12.2. The molecule has 1 saturated heterocycles. The van der Waals surface area contributed by atoms with Gasteiger partial charge in [-0.05, 0) is 61.0 Å². The molecule has 43 heavy (non-hydrogen) atoms. The van der Waals surface area contributed by atoms with Crippen molar-refractivity contribution in [3.05, 3.63) is 94.5 Å². The topological polar surface area (TPSA) is 103 Å². The first-order valence-corrected chi connectivity index (χ1v) is 18.1. The first kappa shape index (κ1) is 29.7. The lowest BCUT2D eigenvalue weighted by atomic mass is 9.82. The van der Waals surface area contributed by atoms with Gasteiger partial charge in [-0.1, -0.05) is 61.0 Å². The number of benzene rings is 3. The summed E-state index contributed by atoms with van der Waals surface area (Å²) in [5.41, 5.74) is 3.25. The number of carbonyl (C=O) groups excluding carboxylic acids is 2. The lowest BCUT2D eigenvalue weighted by Gasteiger charge is -2.32. The molecule has 2 amide bonds. The molecule has 3 aliphatic heterocycles. The van der Waals surface area contributed by atoms with E-state index in [9.17, 15) is 19.5 Å². The number of amides is 2. The van der Waals surface area contributed by atoms with Crippen molar-refractivity contribution in [3.8, 4) is 0 Å². The molecule has 224 valence electrons. The van der Waals surface area contributed by atoms with Crippen LogP contribution in [-0.2, 0) is 26.5 Å². The zero-order valence-electron chi connectivity index (χ0n) is 24.5. The van der Waals surface area contributed by atoms with Crippen molar-refractivity contribution >= 4 is 48.8 Å². The number of hydrogen-bond donors (Lipinski definition) is 2. The van der Waals surface area contributed by atoms with Crippen molar-refractivity contribution in [1.29, 1.82) is 0 Å². The fourth-order valence-corrected chi connectivity index (χ4v) is 9.90. The monoisotopic (exact) mass is 617 g/mol. The molecule has 3 heterocycles. The summed E-state index contributed by atoms with van der Waals surface area (Å²) in [6.07, 6.45) is 0.853. The summed E-state index contributed by atoms with van der Waals surface area (Å²) in [6.45, 7) is 5.87. The normalized spacial score (nSPS) is 25.4. The van der Waals surface area contributed by atoms with Crippen molar-refractivity contribution < 1.29 is 24.2 Å². The summed E-state index contributed by atoms with van der Waals surface area (Å²) >= 11 is 6.46. The van der Waals surface area contributed by atoms with Gasteiger partial charge in [-0.25, -0.2) is 5.01 Å². The minimum Gasteiger partial charge on any atom is -0.432 e. The minimum atomic E-state index is -2.78. The van der Waals surface area contributed by atoms with Crippen LogP contribution in [0.3, 0.4) is 0 Å². The molecular weight excluding hydrogens is 582 g/mol. The molecule has 0 unspecified atom stereocenters. The summed E-state index contributed by atoms with van der Waals surface area (Å²) < 4.78 is 6.63. The standard InChI is InChI=1S/C33H36ClN3O5Si/c1-21-31(43(2,3)41)29(17-18-38)42-33(21)26-19-24(34)11-15-28(26)36(32(33)40)20-22-9-12-25(13-10-22)37-30(39)16-14-27(35-37)23-7-5-4-6-8-23/h4-13,15,19,21,29,31,38,41H,14,16-18,20H2,1-3H3/t21-,29+,31-,33+/m1/s1. The Balaban J connectivity index is 1.30. The average Bonchev–Trinajstić information content (AvgIpc) is 3.41. The number of hydrazone groups is 1. The van der Waals surface area contributed by atoms with Crippen LogP contribution < -0.4 is 9.91 Å². The molecule has 1 spiro atoms. The molecule has 0 aromatic heterocycles. The fraction of sp³-hybridized carbons (Fsp3) is 0.364. The summed E-state index contributed by atoms with van der Waals surface area (Å²) in [5.74, 6) is -0.590. The van der Waals surface area contributed by atoms with E-state index in [0.717, 1.165) is 22.5 Å². The molecule has 1 fully saturated rings. The van der Waals surface area contributed by atoms with Crippen LogP contribution in [0.2, 0.25) is 23.7 Å². The third kappa shape index (κ3) is 5.13. The number of aliphatic hydroxyl groups excluding tert-OH is 1. The molecule has 0 aliphatic carbocycles. The molecule has 8 nitrogen and oxygen atoms in total. The van der Waals surface area contributed by atoms with Crippen LogP contribution in [0.15, 0.2) is 77.9 Å². The van der Waals surface area contributed by atoms with E-state index >= 15 is 0 Å². The Morgan fingerprint density at radius 3 is 2.44 bits per heavy atom. The third-order valence-corrected chi connectivity index (χ3v) is 11.8. The smallest absolute Gasteiger partial charge is 0.264 e. The molecule has 2 N–H and O–H groups in total. The van der Waals surface area contributed by atoms with E-state index in [1.807, 2.05) is 80.7 Å². The molecule has 0 saturated carbocycles. The zero-order chi connectivity index (χ0) is 30.5. The molecule has 3 aliphatic rings. The van der Waals surface area contributed by atoms with Gasteiger partial charge in [0, 0.05) is 41.5 Å².